The van der Waals surface area contributed by atoms with Gasteiger partial charge in [-0.15, -0.1) is 0 Å². The van der Waals surface area contributed by atoms with Crippen molar-refractivity contribution in [1.82, 2.24) is 0 Å². The number of carboxylic acids is 2. The first-order valence-corrected chi connectivity index (χ1v) is 9.67. The zero-order chi connectivity index (χ0) is 21.9. The summed E-state index contributed by atoms with van der Waals surface area (Å²) in [5.41, 5.74) is -2.23. The van der Waals surface area contributed by atoms with Gasteiger partial charge in [0.1, 0.15) is 12.0 Å². The molecule has 1 aliphatic rings. The van der Waals surface area contributed by atoms with Gasteiger partial charge < -0.3 is 24.5 Å². The van der Waals surface area contributed by atoms with Gasteiger partial charge in [0.05, 0.1) is 11.3 Å². The molecule has 0 amide bonds. The number of esters is 2. The summed E-state index contributed by atoms with van der Waals surface area (Å²) in [6.07, 6.45) is -0.752. The summed E-state index contributed by atoms with van der Waals surface area (Å²) >= 11 is 0. The molecule has 4 atom stereocenters. The van der Waals surface area contributed by atoms with E-state index in [1.165, 1.54) is 0 Å². The molecule has 1 fully saturated rings. The Bertz CT molecular complexity index is 630. The van der Waals surface area contributed by atoms with Crippen LogP contribution in [-0.2, 0) is 28.7 Å². The van der Waals surface area contributed by atoms with E-state index in [1.54, 1.807) is 34.6 Å². The minimum absolute atomic E-state index is 0. The zero-order valence-electron chi connectivity index (χ0n) is 18.4. The Morgan fingerprint density at radius 1 is 1.28 bits per heavy atom. The first-order chi connectivity index (χ1) is 12.8. The maximum atomic E-state index is 12.7. The van der Waals surface area contributed by atoms with Gasteiger partial charge in [-0.05, 0) is 39.0 Å². The standard InChI is InChI=1S/C20H32O8.Na/c1-7-12(15(21)22)13(16(23)24)9-20(11(3)4)14(10-27-18(20)26)28-17(25)19(5,6)8-2;/h11-14H,7-10H2,1-6H3,(H,21,22)(H,23,24);/q;+1/p-1. The molecular formula is C20H31NaO8. The number of rotatable bonds is 10. The number of cyclic esters (lactones) is 1. The van der Waals surface area contributed by atoms with Gasteiger partial charge >= 0.3 is 47.5 Å². The monoisotopic (exact) mass is 422 g/mol. The molecule has 160 valence electrons. The first-order valence-electron chi connectivity index (χ1n) is 9.67. The molecular weight excluding hydrogens is 391 g/mol. The van der Waals surface area contributed by atoms with Crippen LogP contribution in [0.5, 0.6) is 0 Å². The quantitative estimate of drug-likeness (QED) is 0.329. The molecule has 1 saturated heterocycles. The second-order valence-electron chi connectivity index (χ2n) is 8.41. The van der Waals surface area contributed by atoms with Crippen molar-refractivity contribution in [2.75, 3.05) is 6.61 Å². The van der Waals surface area contributed by atoms with Crippen molar-refractivity contribution < 1.29 is 68.4 Å². The number of ether oxygens (including phenoxy) is 2. The topological polar surface area (TPSA) is 130 Å². The molecule has 8 nitrogen and oxygen atoms in total. The molecule has 1 N–H and O–H groups in total. The van der Waals surface area contributed by atoms with E-state index >= 15 is 0 Å². The van der Waals surface area contributed by atoms with Gasteiger partial charge in [0, 0.05) is 11.9 Å². The molecule has 1 aliphatic heterocycles. The molecule has 29 heavy (non-hydrogen) atoms. The van der Waals surface area contributed by atoms with Gasteiger partial charge in [0.2, 0.25) is 0 Å². The minimum Gasteiger partial charge on any atom is -0.550 e. The van der Waals surface area contributed by atoms with Crippen LogP contribution in [0.1, 0.15) is 60.8 Å². The first kappa shape index (κ1) is 27.9. The molecule has 0 aromatic carbocycles. The van der Waals surface area contributed by atoms with Crippen LogP contribution in [0.2, 0.25) is 0 Å². The third kappa shape index (κ3) is 5.73. The van der Waals surface area contributed by atoms with E-state index in [9.17, 15) is 29.4 Å². The Hall–Kier alpha value is -1.12. The van der Waals surface area contributed by atoms with Crippen LogP contribution >= 0.6 is 0 Å². The van der Waals surface area contributed by atoms with Crippen LogP contribution in [0, 0.1) is 28.6 Å². The van der Waals surface area contributed by atoms with E-state index in [2.05, 4.69) is 0 Å². The summed E-state index contributed by atoms with van der Waals surface area (Å²) in [7, 11) is 0. The Labute approximate surface area is 194 Å². The van der Waals surface area contributed by atoms with E-state index in [0.717, 1.165) is 0 Å². The summed E-state index contributed by atoms with van der Waals surface area (Å²) in [6, 6.07) is 0. The molecule has 0 aromatic rings. The number of aliphatic carboxylic acids is 2. The summed E-state index contributed by atoms with van der Waals surface area (Å²) in [6.45, 7) is 10.0. The molecule has 1 heterocycles. The number of carbonyl (C=O) groups excluding carboxylic acids is 3. The van der Waals surface area contributed by atoms with Gasteiger partial charge in [-0.1, -0.05) is 27.7 Å². The van der Waals surface area contributed by atoms with Crippen molar-refractivity contribution in [3.05, 3.63) is 0 Å². The number of carbonyl (C=O) groups is 4. The second-order valence-corrected chi connectivity index (χ2v) is 8.41. The van der Waals surface area contributed by atoms with E-state index in [4.69, 9.17) is 9.47 Å². The maximum absolute atomic E-state index is 12.7. The fourth-order valence-corrected chi connectivity index (χ4v) is 3.58. The molecule has 1 rings (SSSR count). The van der Waals surface area contributed by atoms with Crippen molar-refractivity contribution in [2.24, 2.45) is 28.6 Å². The van der Waals surface area contributed by atoms with E-state index in [1.807, 2.05) is 6.92 Å². The van der Waals surface area contributed by atoms with Gasteiger partial charge in [-0.2, -0.15) is 0 Å². The van der Waals surface area contributed by atoms with E-state index in [0.29, 0.717) is 6.42 Å². The second kappa shape index (κ2) is 10.8. The molecule has 0 bridgehead atoms. The van der Waals surface area contributed by atoms with Crippen molar-refractivity contribution in [2.45, 2.75) is 66.9 Å². The Morgan fingerprint density at radius 3 is 2.21 bits per heavy atom. The van der Waals surface area contributed by atoms with Crippen LogP contribution in [0.15, 0.2) is 0 Å². The van der Waals surface area contributed by atoms with Gasteiger partial charge in [0.25, 0.3) is 0 Å². The van der Waals surface area contributed by atoms with Crippen LogP contribution in [0.25, 0.3) is 0 Å². The van der Waals surface area contributed by atoms with Gasteiger partial charge in [0.15, 0.2) is 6.10 Å². The summed E-state index contributed by atoms with van der Waals surface area (Å²) in [5, 5.41) is 21.2. The largest absolute Gasteiger partial charge is 1.00 e. The van der Waals surface area contributed by atoms with Gasteiger partial charge in [-0.25, -0.2) is 0 Å². The predicted molar refractivity (Wildman–Crippen MR) is 96.7 cm³/mol. The summed E-state index contributed by atoms with van der Waals surface area (Å²) in [4.78, 5) is 48.6. The van der Waals surface area contributed by atoms with Crippen LogP contribution < -0.4 is 34.7 Å². The van der Waals surface area contributed by atoms with Crippen molar-refractivity contribution in [1.29, 1.82) is 0 Å². The number of hydrogen-bond acceptors (Lipinski definition) is 7. The van der Waals surface area contributed by atoms with Crippen LogP contribution in [0.3, 0.4) is 0 Å². The average Bonchev–Trinajstić information content (AvgIpc) is 2.91. The molecule has 0 aliphatic carbocycles. The maximum Gasteiger partial charge on any atom is 1.00 e. The van der Waals surface area contributed by atoms with Crippen molar-refractivity contribution >= 4 is 23.9 Å². The number of hydrogen-bond donors (Lipinski definition) is 1. The Kier molecular flexibility index (Phi) is 10.4. The predicted octanol–water partition coefficient (Wildman–Crippen LogP) is -1.60. The molecule has 0 spiro atoms. The van der Waals surface area contributed by atoms with Crippen LogP contribution in [0.4, 0.5) is 0 Å². The number of carboxylic acid groups (broad SMARTS) is 2. The normalized spacial score (nSPS) is 23.7. The molecule has 9 heteroatoms. The van der Waals surface area contributed by atoms with Crippen LogP contribution in [-0.4, -0.2) is 41.7 Å². The molecule has 4 unspecified atom stereocenters. The van der Waals surface area contributed by atoms with Crippen molar-refractivity contribution in [3.8, 4) is 0 Å². The Morgan fingerprint density at radius 2 is 1.83 bits per heavy atom. The zero-order valence-corrected chi connectivity index (χ0v) is 20.4. The third-order valence-corrected chi connectivity index (χ3v) is 6.14. The SMILES string of the molecule is CCC(C(=O)O)C(CC1(C(C)C)C(=O)OCC1OC(=O)C(C)(C)CC)C(=O)[O-].[Na+]. The molecule has 0 aromatic heterocycles. The fraction of sp³-hybridized carbons (Fsp3) is 0.800. The van der Waals surface area contributed by atoms with Crippen molar-refractivity contribution in [3.63, 3.8) is 0 Å². The minimum atomic E-state index is -1.55. The summed E-state index contributed by atoms with van der Waals surface area (Å²) < 4.78 is 10.8. The van der Waals surface area contributed by atoms with E-state index in [-0.39, 0.29) is 49.0 Å². The molecule has 0 saturated carbocycles. The third-order valence-electron chi connectivity index (χ3n) is 6.14. The van der Waals surface area contributed by atoms with Gasteiger partial charge in [-0.3, -0.25) is 14.4 Å². The summed E-state index contributed by atoms with van der Waals surface area (Å²) in [5.74, 6) is -7.11. The smallest absolute Gasteiger partial charge is 0.550 e. The Balaban J connectivity index is 0.00000784. The molecule has 0 radical (unpaired) electrons. The fourth-order valence-electron chi connectivity index (χ4n) is 3.58. The van der Waals surface area contributed by atoms with E-state index < -0.39 is 58.6 Å². The average molecular weight is 422 g/mol.